The van der Waals surface area contributed by atoms with Crippen LogP contribution in [-0.4, -0.2) is 37.5 Å². The Morgan fingerprint density at radius 2 is 1.94 bits per heavy atom. The Balaban J connectivity index is 3.17. The first-order valence-corrected chi connectivity index (χ1v) is 7.34. The van der Waals surface area contributed by atoms with Gasteiger partial charge >= 0.3 is 0 Å². The molecular formula is C12H20N2O3S. The largest absolute Gasteiger partial charge is 0.399 e. The van der Waals surface area contributed by atoms with Crippen LogP contribution in [0.25, 0.3) is 0 Å². The first-order chi connectivity index (χ1) is 8.41. The monoisotopic (exact) mass is 272 g/mol. The molecule has 0 aliphatic rings. The lowest BCUT2D eigenvalue weighted by atomic mass is 10.2. The Morgan fingerprint density at radius 3 is 2.44 bits per heavy atom. The molecule has 0 bridgehead atoms. The number of rotatable bonds is 6. The maximum absolute atomic E-state index is 12.4. The SMILES string of the molecule is CCCN(CCO)S(=O)(=O)c1cc(C)cc(N)c1. The molecule has 0 atom stereocenters. The number of benzene rings is 1. The molecule has 18 heavy (non-hydrogen) atoms. The number of nitrogens with zero attached hydrogens (tertiary/aromatic N) is 1. The molecule has 102 valence electrons. The molecule has 0 fully saturated rings. The fraction of sp³-hybridized carbons (Fsp3) is 0.500. The van der Waals surface area contributed by atoms with E-state index in [0.717, 1.165) is 5.56 Å². The van der Waals surface area contributed by atoms with Gasteiger partial charge in [-0.1, -0.05) is 6.92 Å². The van der Waals surface area contributed by atoms with Crippen LogP contribution >= 0.6 is 0 Å². The second kappa shape index (κ2) is 6.17. The van der Waals surface area contributed by atoms with Crippen LogP contribution in [-0.2, 0) is 10.0 Å². The van der Waals surface area contributed by atoms with Gasteiger partial charge in [0.1, 0.15) is 0 Å². The smallest absolute Gasteiger partial charge is 0.243 e. The summed E-state index contributed by atoms with van der Waals surface area (Å²) in [4.78, 5) is 0.182. The molecule has 0 aliphatic carbocycles. The summed E-state index contributed by atoms with van der Waals surface area (Å²) in [6.45, 7) is 3.98. The zero-order valence-electron chi connectivity index (χ0n) is 10.8. The van der Waals surface area contributed by atoms with E-state index in [9.17, 15) is 8.42 Å². The summed E-state index contributed by atoms with van der Waals surface area (Å²) in [7, 11) is -3.58. The predicted molar refractivity (Wildman–Crippen MR) is 71.7 cm³/mol. The van der Waals surface area contributed by atoms with Crippen molar-refractivity contribution in [1.82, 2.24) is 4.31 Å². The summed E-state index contributed by atoms with van der Waals surface area (Å²) >= 11 is 0. The molecule has 0 unspecified atom stereocenters. The summed E-state index contributed by atoms with van der Waals surface area (Å²) in [5, 5.41) is 8.95. The second-order valence-corrected chi connectivity index (χ2v) is 6.15. The number of hydrogen-bond donors (Lipinski definition) is 2. The van der Waals surface area contributed by atoms with Gasteiger partial charge in [-0.25, -0.2) is 8.42 Å². The first kappa shape index (κ1) is 14.9. The summed E-state index contributed by atoms with van der Waals surface area (Å²) < 4.78 is 26.0. The van der Waals surface area contributed by atoms with Crippen LogP contribution in [0, 0.1) is 6.92 Å². The second-order valence-electron chi connectivity index (χ2n) is 4.21. The zero-order valence-corrected chi connectivity index (χ0v) is 11.6. The molecule has 5 nitrogen and oxygen atoms in total. The first-order valence-electron chi connectivity index (χ1n) is 5.90. The zero-order chi connectivity index (χ0) is 13.8. The van der Waals surface area contributed by atoms with Gasteiger partial charge in [-0.3, -0.25) is 0 Å². The predicted octanol–water partition coefficient (Wildman–Crippen LogP) is 0.970. The molecule has 0 amide bonds. The minimum absolute atomic E-state index is 0.101. The highest BCUT2D eigenvalue weighted by Gasteiger charge is 2.23. The molecular weight excluding hydrogens is 252 g/mol. The summed E-state index contributed by atoms with van der Waals surface area (Å²) in [5.74, 6) is 0. The molecule has 1 rings (SSSR count). The lowest BCUT2D eigenvalue weighted by molar-refractivity contribution is 0.253. The minimum atomic E-state index is -3.58. The topological polar surface area (TPSA) is 83.6 Å². The van der Waals surface area contributed by atoms with Crippen molar-refractivity contribution in [3.63, 3.8) is 0 Å². The molecule has 1 aromatic rings. The number of nitrogens with two attached hydrogens (primary N) is 1. The Hall–Kier alpha value is -1.11. The fourth-order valence-corrected chi connectivity index (χ4v) is 3.45. The number of anilines is 1. The third-order valence-electron chi connectivity index (χ3n) is 2.53. The summed E-state index contributed by atoms with van der Waals surface area (Å²) in [6, 6.07) is 4.75. The minimum Gasteiger partial charge on any atom is -0.399 e. The molecule has 1 aromatic carbocycles. The molecule has 0 radical (unpaired) electrons. The molecule has 0 aromatic heterocycles. The summed E-state index contributed by atoms with van der Waals surface area (Å²) in [5.41, 5.74) is 6.90. The third-order valence-corrected chi connectivity index (χ3v) is 4.41. The van der Waals surface area contributed by atoms with Gasteiger partial charge in [0.2, 0.25) is 10.0 Å². The lowest BCUT2D eigenvalue weighted by Crippen LogP contribution is -2.34. The molecule has 3 N–H and O–H groups in total. The highest BCUT2D eigenvalue weighted by atomic mass is 32.2. The van der Waals surface area contributed by atoms with E-state index in [0.29, 0.717) is 18.7 Å². The van der Waals surface area contributed by atoms with Crippen LogP contribution in [0.3, 0.4) is 0 Å². The molecule has 0 saturated carbocycles. The van der Waals surface area contributed by atoms with Gasteiger partial charge in [0, 0.05) is 18.8 Å². The van der Waals surface area contributed by atoms with Crippen LogP contribution in [0.5, 0.6) is 0 Å². The molecule has 0 saturated heterocycles. The molecule has 6 heteroatoms. The summed E-state index contributed by atoms with van der Waals surface area (Å²) in [6.07, 6.45) is 0.695. The van der Waals surface area contributed by atoms with Crippen molar-refractivity contribution in [3.05, 3.63) is 23.8 Å². The Kier molecular flexibility index (Phi) is 5.13. The van der Waals surface area contributed by atoms with E-state index >= 15 is 0 Å². The van der Waals surface area contributed by atoms with Gasteiger partial charge in [0.05, 0.1) is 11.5 Å². The lowest BCUT2D eigenvalue weighted by Gasteiger charge is -2.21. The van der Waals surface area contributed by atoms with Crippen molar-refractivity contribution in [3.8, 4) is 0 Å². The highest BCUT2D eigenvalue weighted by Crippen LogP contribution is 2.20. The molecule has 0 heterocycles. The van der Waals surface area contributed by atoms with Crippen molar-refractivity contribution in [1.29, 1.82) is 0 Å². The maximum Gasteiger partial charge on any atom is 0.243 e. The Bertz CT molecular complexity index is 474. The van der Waals surface area contributed by atoms with E-state index in [1.54, 1.807) is 19.1 Å². The van der Waals surface area contributed by atoms with Crippen molar-refractivity contribution in [2.24, 2.45) is 0 Å². The van der Waals surface area contributed by atoms with Gasteiger partial charge in [0.25, 0.3) is 0 Å². The van der Waals surface area contributed by atoms with E-state index < -0.39 is 10.0 Å². The molecule has 0 spiro atoms. The van der Waals surface area contributed by atoms with Crippen LogP contribution in [0.15, 0.2) is 23.1 Å². The molecule has 0 aliphatic heterocycles. The number of sulfonamides is 1. The standard InChI is InChI=1S/C12H20N2O3S/c1-3-4-14(5-6-15)18(16,17)12-8-10(2)7-11(13)9-12/h7-9,15H,3-6,13H2,1-2H3. The van der Waals surface area contributed by atoms with Gasteiger partial charge in [-0.2, -0.15) is 4.31 Å². The Morgan fingerprint density at radius 1 is 1.28 bits per heavy atom. The van der Waals surface area contributed by atoms with Gasteiger partial charge in [0.15, 0.2) is 0 Å². The van der Waals surface area contributed by atoms with Crippen LogP contribution in [0.4, 0.5) is 5.69 Å². The van der Waals surface area contributed by atoms with Gasteiger partial charge in [-0.05, 0) is 37.1 Å². The maximum atomic E-state index is 12.4. The van der Waals surface area contributed by atoms with E-state index in [4.69, 9.17) is 10.8 Å². The number of aliphatic hydroxyl groups is 1. The van der Waals surface area contributed by atoms with E-state index in [-0.39, 0.29) is 18.0 Å². The quantitative estimate of drug-likeness (QED) is 0.756. The van der Waals surface area contributed by atoms with Gasteiger partial charge < -0.3 is 10.8 Å². The van der Waals surface area contributed by atoms with Crippen molar-refractivity contribution in [2.75, 3.05) is 25.4 Å². The fourth-order valence-electron chi connectivity index (χ4n) is 1.79. The third kappa shape index (κ3) is 3.44. The normalized spacial score (nSPS) is 12.0. The van der Waals surface area contributed by atoms with E-state index in [1.807, 2.05) is 6.92 Å². The van der Waals surface area contributed by atoms with Crippen LogP contribution in [0.2, 0.25) is 0 Å². The number of nitrogen functional groups attached to an aromatic ring is 1. The van der Waals surface area contributed by atoms with Crippen molar-refractivity contribution < 1.29 is 13.5 Å². The average Bonchev–Trinajstić information content (AvgIpc) is 2.27. The highest BCUT2D eigenvalue weighted by molar-refractivity contribution is 7.89. The van der Waals surface area contributed by atoms with Crippen LogP contribution < -0.4 is 5.73 Å². The average molecular weight is 272 g/mol. The number of aliphatic hydroxyl groups excluding tert-OH is 1. The number of aryl methyl sites for hydroxylation is 1. The van der Waals surface area contributed by atoms with Crippen molar-refractivity contribution >= 4 is 15.7 Å². The van der Waals surface area contributed by atoms with Crippen molar-refractivity contribution in [2.45, 2.75) is 25.2 Å². The van der Waals surface area contributed by atoms with Gasteiger partial charge in [-0.15, -0.1) is 0 Å². The van der Waals surface area contributed by atoms with E-state index in [1.165, 1.54) is 10.4 Å². The van der Waals surface area contributed by atoms with Crippen LogP contribution in [0.1, 0.15) is 18.9 Å². The Labute approximate surface area is 108 Å². The number of hydrogen-bond acceptors (Lipinski definition) is 4. The van der Waals surface area contributed by atoms with E-state index in [2.05, 4.69) is 0 Å².